The van der Waals surface area contributed by atoms with Crippen molar-refractivity contribution in [2.75, 3.05) is 7.11 Å². The molecule has 2 atom stereocenters. The van der Waals surface area contributed by atoms with E-state index in [1.54, 1.807) is 31.4 Å². The Balaban J connectivity index is 1.90. The van der Waals surface area contributed by atoms with Crippen LogP contribution in [0.1, 0.15) is 17.0 Å². The van der Waals surface area contributed by atoms with Crippen molar-refractivity contribution < 1.29 is 14.4 Å². The van der Waals surface area contributed by atoms with Crippen LogP contribution in [0.3, 0.4) is 0 Å². The number of non-ortho nitro benzene ring substituents is 1. The summed E-state index contributed by atoms with van der Waals surface area (Å²) in [6.07, 6.45) is 0. The number of nitrogens with one attached hydrogen (secondary N) is 2. The van der Waals surface area contributed by atoms with Gasteiger partial charge in [0.25, 0.3) is 5.69 Å². The van der Waals surface area contributed by atoms with Gasteiger partial charge in [0.15, 0.2) is 0 Å². The Labute approximate surface area is 165 Å². The molecule has 0 amide bonds. The number of nitro groups is 1. The molecule has 1 aliphatic heterocycles. The maximum Gasteiger partial charge on any atom is 0.270 e. The van der Waals surface area contributed by atoms with Crippen molar-refractivity contribution in [3.05, 3.63) is 69.8 Å². The molecule has 0 saturated carbocycles. The molecular formula is C20H15N5O4. The van der Waals surface area contributed by atoms with E-state index in [4.69, 9.17) is 14.9 Å². The Morgan fingerprint density at radius 3 is 2.72 bits per heavy atom. The lowest BCUT2D eigenvalue weighted by atomic mass is 9.79. The van der Waals surface area contributed by atoms with E-state index in [-0.39, 0.29) is 17.5 Å². The number of hydrogen-bond acceptors (Lipinski definition) is 7. The van der Waals surface area contributed by atoms with Crippen LogP contribution in [-0.2, 0) is 0 Å². The number of ether oxygens (including phenoxy) is 2. The lowest BCUT2D eigenvalue weighted by molar-refractivity contribution is -0.384. The SMILES string of the molecule is COc1ccc(C2c3c(n[nH]c3-c3cccc([N+](=O)[O-])c3)OC(=N)C2C#N)cc1. The first-order valence-corrected chi connectivity index (χ1v) is 8.66. The average molecular weight is 389 g/mol. The lowest BCUT2D eigenvalue weighted by Crippen LogP contribution is -2.30. The first kappa shape index (κ1) is 18.2. The highest BCUT2D eigenvalue weighted by atomic mass is 16.6. The van der Waals surface area contributed by atoms with Crippen LogP contribution in [0.15, 0.2) is 48.5 Å². The molecule has 9 nitrogen and oxygen atoms in total. The fourth-order valence-electron chi connectivity index (χ4n) is 3.48. The standard InChI is InChI=1S/C20H15N5O4/c1-28-14-7-5-11(6-8-14)16-15(10-21)19(22)29-20-17(16)18(23-24-20)12-3-2-4-13(9-12)25(26)27/h2-9,15-16,22H,1H3,(H,23,24). The van der Waals surface area contributed by atoms with Crippen molar-refractivity contribution in [2.45, 2.75) is 5.92 Å². The number of benzene rings is 2. The van der Waals surface area contributed by atoms with Gasteiger partial charge in [-0.25, -0.2) is 0 Å². The third-order valence-corrected chi connectivity index (χ3v) is 4.86. The average Bonchev–Trinajstić information content (AvgIpc) is 3.16. The smallest absolute Gasteiger partial charge is 0.270 e. The van der Waals surface area contributed by atoms with E-state index in [1.807, 2.05) is 12.1 Å². The van der Waals surface area contributed by atoms with E-state index < -0.39 is 16.8 Å². The Morgan fingerprint density at radius 2 is 2.07 bits per heavy atom. The molecule has 0 radical (unpaired) electrons. The number of nitriles is 1. The summed E-state index contributed by atoms with van der Waals surface area (Å²) in [6.45, 7) is 0. The quantitative estimate of drug-likeness (QED) is 0.516. The van der Waals surface area contributed by atoms with E-state index in [1.165, 1.54) is 12.1 Å². The number of H-pyrrole nitrogens is 1. The fraction of sp³-hybridized carbons (Fsp3) is 0.150. The van der Waals surface area contributed by atoms with Gasteiger partial charge in [-0.15, -0.1) is 5.10 Å². The molecular weight excluding hydrogens is 374 g/mol. The molecule has 2 unspecified atom stereocenters. The Hall–Kier alpha value is -4.19. The number of aromatic nitrogens is 2. The number of rotatable bonds is 4. The summed E-state index contributed by atoms with van der Waals surface area (Å²) >= 11 is 0. The number of methoxy groups -OCH3 is 1. The molecule has 29 heavy (non-hydrogen) atoms. The Kier molecular flexibility index (Phi) is 4.44. The molecule has 2 aromatic carbocycles. The van der Waals surface area contributed by atoms with E-state index in [0.717, 1.165) is 5.56 Å². The highest BCUT2D eigenvalue weighted by Crippen LogP contribution is 2.46. The second-order valence-electron chi connectivity index (χ2n) is 6.45. The highest BCUT2D eigenvalue weighted by Gasteiger charge is 2.40. The van der Waals surface area contributed by atoms with Gasteiger partial charge in [-0.3, -0.25) is 20.6 Å². The summed E-state index contributed by atoms with van der Waals surface area (Å²) in [6, 6.07) is 15.5. The van der Waals surface area contributed by atoms with Crippen LogP contribution in [0.4, 0.5) is 5.69 Å². The largest absolute Gasteiger partial charge is 0.497 e. The molecule has 9 heteroatoms. The first-order valence-electron chi connectivity index (χ1n) is 8.66. The molecule has 1 aromatic heterocycles. The minimum Gasteiger partial charge on any atom is -0.497 e. The second kappa shape index (κ2) is 7.09. The number of nitrogens with zero attached hydrogens (tertiary/aromatic N) is 3. The highest BCUT2D eigenvalue weighted by molar-refractivity contribution is 5.86. The van der Waals surface area contributed by atoms with Crippen molar-refractivity contribution in [3.63, 3.8) is 0 Å². The molecule has 0 spiro atoms. The molecule has 144 valence electrons. The molecule has 0 fully saturated rings. The van der Waals surface area contributed by atoms with Gasteiger partial charge >= 0.3 is 0 Å². The van der Waals surface area contributed by atoms with Gasteiger partial charge < -0.3 is 9.47 Å². The van der Waals surface area contributed by atoms with Gasteiger partial charge in [-0.05, 0) is 17.7 Å². The third-order valence-electron chi connectivity index (χ3n) is 4.86. The van der Waals surface area contributed by atoms with Crippen LogP contribution in [0, 0.1) is 32.8 Å². The van der Waals surface area contributed by atoms with Crippen molar-refractivity contribution in [2.24, 2.45) is 5.92 Å². The number of aromatic amines is 1. The van der Waals surface area contributed by atoms with Gasteiger partial charge in [0.2, 0.25) is 11.8 Å². The molecule has 0 saturated heterocycles. The molecule has 2 heterocycles. The summed E-state index contributed by atoms with van der Waals surface area (Å²) < 4.78 is 10.7. The summed E-state index contributed by atoms with van der Waals surface area (Å²) in [5.41, 5.74) is 2.35. The van der Waals surface area contributed by atoms with Gasteiger partial charge in [-0.1, -0.05) is 24.3 Å². The van der Waals surface area contributed by atoms with E-state index in [2.05, 4.69) is 16.3 Å². The summed E-state index contributed by atoms with van der Waals surface area (Å²) in [5.74, 6) is -0.751. The molecule has 3 aromatic rings. The van der Waals surface area contributed by atoms with Crippen molar-refractivity contribution >= 4 is 11.6 Å². The Morgan fingerprint density at radius 1 is 1.31 bits per heavy atom. The van der Waals surface area contributed by atoms with Crippen LogP contribution in [-0.4, -0.2) is 28.1 Å². The summed E-state index contributed by atoms with van der Waals surface area (Å²) in [5, 5.41) is 36.0. The van der Waals surface area contributed by atoms with Gasteiger partial charge in [0.05, 0.1) is 29.4 Å². The molecule has 4 rings (SSSR count). The maximum absolute atomic E-state index is 11.2. The number of hydrogen-bond donors (Lipinski definition) is 2. The molecule has 2 N–H and O–H groups in total. The van der Waals surface area contributed by atoms with Crippen LogP contribution < -0.4 is 9.47 Å². The van der Waals surface area contributed by atoms with Crippen LogP contribution in [0.5, 0.6) is 11.6 Å². The second-order valence-corrected chi connectivity index (χ2v) is 6.45. The zero-order valence-electron chi connectivity index (χ0n) is 15.2. The van der Waals surface area contributed by atoms with Gasteiger partial charge in [0, 0.05) is 23.6 Å². The van der Waals surface area contributed by atoms with Crippen molar-refractivity contribution in [3.8, 4) is 29.0 Å². The van der Waals surface area contributed by atoms with Crippen LogP contribution >= 0.6 is 0 Å². The zero-order chi connectivity index (χ0) is 20.5. The van der Waals surface area contributed by atoms with Crippen LogP contribution in [0.25, 0.3) is 11.3 Å². The minimum atomic E-state index is -0.869. The van der Waals surface area contributed by atoms with E-state index >= 15 is 0 Å². The predicted octanol–water partition coefficient (Wildman–Crippen LogP) is 3.63. The van der Waals surface area contributed by atoms with E-state index in [9.17, 15) is 15.4 Å². The zero-order valence-corrected chi connectivity index (χ0v) is 15.2. The molecule has 1 aliphatic rings. The normalized spacial score (nSPS) is 17.7. The summed E-state index contributed by atoms with van der Waals surface area (Å²) in [7, 11) is 1.56. The number of fused-ring (bicyclic) bond motifs is 1. The fourth-order valence-corrected chi connectivity index (χ4v) is 3.48. The molecule has 0 aliphatic carbocycles. The van der Waals surface area contributed by atoms with E-state index in [0.29, 0.717) is 22.6 Å². The third kappa shape index (κ3) is 3.06. The first-order chi connectivity index (χ1) is 14.0. The number of nitro benzene ring substituents is 1. The van der Waals surface area contributed by atoms with Gasteiger partial charge in [0.1, 0.15) is 11.7 Å². The maximum atomic E-state index is 11.2. The Bertz CT molecular complexity index is 1150. The summed E-state index contributed by atoms with van der Waals surface area (Å²) in [4.78, 5) is 10.7. The minimum absolute atomic E-state index is 0.0619. The predicted molar refractivity (Wildman–Crippen MR) is 103 cm³/mol. The lowest BCUT2D eigenvalue weighted by Gasteiger charge is -2.28. The monoisotopic (exact) mass is 389 g/mol. The topological polar surface area (TPSA) is 138 Å². The van der Waals surface area contributed by atoms with Crippen LogP contribution in [0.2, 0.25) is 0 Å². The van der Waals surface area contributed by atoms with Gasteiger partial charge in [-0.2, -0.15) is 5.26 Å². The molecule has 0 bridgehead atoms. The van der Waals surface area contributed by atoms with Crippen molar-refractivity contribution in [1.29, 1.82) is 10.7 Å². The van der Waals surface area contributed by atoms with Crippen molar-refractivity contribution in [1.82, 2.24) is 10.2 Å².